The summed E-state index contributed by atoms with van der Waals surface area (Å²) in [5, 5.41) is 7.30. The Kier molecular flexibility index (Phi) is 4.46. The maximum absolute atomic E-state index is 13.2. The fourth-order valence-electron chi connectivity index (χ4n) is 3.25. The van der Waals surface area contributed by atoms with Crippen LogP contribution in [0.25, 0.3) is 5.69 Å². The Balaban J connectivity index is 1.68. The van der Waals surface area contributed by atoms with Crippen LogP contribution in [0.1, 0.15) is 23.5 Å². The molecule has 0 radical (unpaired) electrons. The van der Waals surface area contributed by atoms with Crippen molar-refractivity contribution < 1.29 is 13.9 Å². The van der Waals surface area contributed by atoms with E-state index in [4.69, 9.17) is 4.74 Å². The molecule has 2 heterocycles. The average molecular weight is 363 g/mol. The maximum Gasteiger partial charge on any atom is 0.226 e. The van der Waals surface area contributed by atoms with Crippen LogP contribution in [-0.4, -0.2) is 22.3 Å². The van der Waals surface area contributed by atoms with Gasteiger partial charge in [0.2, 0.25) is 5.91 Å². The molecule has 4 rings (SSSR count). The second-order valence-electron chi connectivity index (χ2n) is 6.31. The van der Waals surface area contributed by atoms with Gasteiger partial charge in [-0.1, -0.05) is 24.8 Å². The van der Waals surface area contributed by atoms with E-state index in [1.807, 2.05) is 24.3 Å². The first kappa shape index (κ1) is 17.0. The van der Waals surface area contributed by atoms with Gasteiger partial charge in [-0.2, -0.15) is 5.10 Å². The predicted octanol–water partition coefficient (Wildman–Crippen LogP) is 4.05. The van der Waals surface area contributed by atoms with Crippen molar-refractivity contribution in [3.8, 4) is 11.4 Å². The first-order valence-corrected chi connectivity index (χ1v) is 8.63. The summed E-state index contributed by atoms with van der Waals surface area (Å²) in [6, 6.07) is 13.7. The monoisotopic (exact) mass is 363 g/mol. The SMILES string of the molecule is C=CCOc1ccc([C@@H]2CC(=O)Nc3c2cnn3-c2ccc(F)cc2)cc1. The van der Waals surface area contributed by atoms with Crippen molar-refractivity contribution in [1.29, 1.82) is 0 Å². The molecule has 1 amide bonds. The minimum absolute atomic E-state index is 0.0802. The summed E-state index contributed by atoms with van der Waals surface area (Å²) >= 11 is 0. The highest BCUT2D eigenvalue weighted by atomic mass is 19.1. The number of nitrogens with one attached hydrogen (secondary N) is 1. The lowest BCUT2D eigenvalue weighted by Crippen LogP contribution is -2.24. The molecule has 27 heavy (non-hydrogen) atoms. The number of halogens is 1. The van der Waals surface area contributed by atoms with Crippen molar-refractivity contribution in [1.82, 2.24) is 9.78 Å². The molecule has 1 atom stereocenters. The highest BCUT2D eigenvalue weighted by Crippen LogP contribution is 2.38. The summed E-state index contributed by atoms with van der Waals surface area (Å²) in [5.41, 5.74) is 2.63. The van der Waals surface area contributed by atoms with Gasteiger partial charge in [-0.3, -0.25) is 4.79 Å². The van der Waals surface area contributed by atoms with Gasteiger partial charge in [-0.05, 0) is 42.0 Å². The van der Waals surface area contributed by atoms with E-state index in [0.29, 0.717) is 24.5 Å². The Labute approximate surface area is 156 Å². The molecule has 0 fully saturated rings. The van der Waals surface area contributed by atoms with Crippen LogP contribution in [0, 0.1) is 5.82 Å². The summed E-state index contributed by atoms with van der Waals surface area (Å²) in [6.07, 6.45) is 3.79. The highest BCUT2D eigenvalue weighted by molar-refractivity contribution is 5.94. The summed E-state index contributed by atoms with van der Waals surface area (Å²) in [6.45, 7) is 4.08. The van der Waals surface area contributed by atoms with Gasteiger partial charge < -0.3 is 10.1 Å². The molecular weight excluding hydrogens is 345 g/mol. The minimum atomic E-state index is -0.319. The zero-order valence-corrected chi connectivity index (χ0v) is 14.6. The lowest BCUT2D eigenvalue weighted by atomic mass is 9.87. The Morgan fingerprint density at radius 1 is 1.22 bits per heavy atom. The van der Waals surface area contributed by atoms with Crippen LogP contribution >= 0.6 is 0 Å². The number of ether oxygens (including phenoxy) is 1. The van der Waals surface area contributed by atoms with Crippen LogP contribution in [0.5, 0.6) is 5.75 Å². The van der Waals surface area contributed by atoms with Crippen LogP contribution in [0.3, 0.4) is 0 Å². The Morgan fingerprint density at radius 3 is 2.67 bits per heavy atom. The fourth-order valence-corrected chi connectivity index (χ4v) is 3.25. The summed E-state index contributed by atoms with van der Waals surface area (Å²) in [5.74, 6) is 0.871. The fraction of sp³-hybridized carbons (Fsp3) is 0.143. The Hall–Kier alpha value is -3.41. The molecule has 0 unspecified atom stereocenters. The van der Waals surface area contributed by atoms with Gasteiger partial charge in [0.05, 0.1) is 11.9 Å². The van der Waals surface area contributed by atoms with E-state index in [9.17, 15) is 9.18 Å². The number of anilines is 1. The van der Waals surface area contributed by atoms with E-state index in [1.54, 1.807) is 29.1 Å². The first-order chi connectivity index (χ1) is 13.2. The van der Waals surface area contributed by atoms with Crippen LogP contribution in [-0.2, 0) is 4.79 Å². The van der Waals surface area contributed by atoms with E-state index in [2.05, 4.69) is 17.0 Å². The van der Waals surface area contributed by atoms with E-state index in [1.165, 1.54) is 12.1 Å². The lowest BCUT2D eigenvalue weighted by molar-refractivity contribution is -0.116. The molecule has 0 saturated heterocycles. The van der Waals surface area contributed by atoms with Crippen molar-refractivity contribution in [2.75, 3.05) is 11.9 Å². The van der Waals surface area contributed by atoms with Crippen molar-refractivity contribution in [2.24, 2.45) is 0 Å². The first-order valence-electron chi connectivity index (χ1n) is 8.63. The van der Waals surface area contributed by atoms with Crippen molar-refractivity contribution in [3.05, 3.63) is 84.3 Å². The number of rotatable bonds is 5. The summed E-state index contributed by atoms with van der Waals surface area (Å²) in [4.78, 5) is 12.3. The van der Waals surface area contributed by atoms with Crippen LogP contribution in [0.2, 0.25) is 0 Å². The maximum atomic E-state index is 13.2. The van der Waals surface area contributed by atoms with E-state index in [0.717, 1.165) is 16.9 Å². The molecule has 0 aliphatic carbocycles. The number of hydrogen-bond acceptors (Lipinski definition) is 3. The number of hydrogen-bond donors (Lipinski definition) is 1. The number of aromatic nitrogens is 2. The van der Waals surface area contributed by atoms with Crippen molar-refractivity contribution in [3.63, 3.8) is 0 Å². The van der Waals surface area contributed by atoms with Crippen molar-refractivity contribution >= 4 is 11.7 Å². The molecule has 3 aromatic rings. The number of nitrogens with zero attached hydrogens (tertiary/aromatic N) is 2. The third-order valence-electron chi connectivity index (χ3n) is 4.54. The van der Waals surface area contributed by atoms with Crippen molar-refractivity contribution in [2.45, 2.75) is 12.3 Å². The molecular formula is C21H18FN3O2. The van der Waals surface area contributed by atoms with Crippen LogP contribution in [0.15, 0.2) is 67.4 Å². The molecule has 2 aromatic carbocycles. The van der Waals surface area contributed by atoms with E-state index < -0.39 is 0 Å². The third-order valence-corrected chi connectivity index (χ3v) is 4.54. The number of carbonyl (C=O) groups is 1. The van der Waals surface area contributed by atoms with E-state index >= 15 is 0 Å². The van der Waals surface area contributed by atoms with Gasteiger partial charge in [0.15, 0.2) is 0 Å². The van der Waals surface area contributed by atoms with Gasteiger partial charge in [-0.15, -0.1) is 0 Å². The number of carbonyl (C=O) groups excluding carboxylic acids is 1. The van der Waals surface area contributed by atoms with Gasteiger partial charge in [-0.25, -0.2) is 9.07 Å². The minimum Gasteiger partial charge on any atom is -0.490 e. The number of amides is 1. The van der Waals surface area contributed by atoms with E-state index in [-0.39, 0.29) is 17.6 Å². The second kappa shape index (κ2) is 7.07. The standard InChI is InChI=1S/C21H18FN3O2/c1-2-11-27-17-9-3-14(4-10-17)18-12-20(26)24-21-19(18)13-23-25(21)16-7-5-15(22)6-8-16/h2-10,13,18H,1,11-12H2,(H,24,26)/t18-/m0/s1. The zero-order chi connectivity index (χ0) is 18.8. The predicted molar refractivity (Wildman–Crippen MR) is 101 cm³/mol. The summed E-state index contributed by atoms with van der Waals surface area (Å²) in [7, 11) is 0. The Morgan fingerprint density at radius 2 is 1.96 bits per heavy atom. The topological polar surface area (TPSA) is 56.1 Å². The molecule has 136 valence electrons. The van der Waals surface area contributed by atoms with Crippen LogP contribution < -0.4 is 10.1 Å². The smallest absolute Gasteiger partial charge is 0.226 e. The average Bonchev–Trinajstić information content (AvgIpc) is 3.10. The zero-order valence-electron chi connectivity index (χ0n) is 14.6. The quantitative estimate of drug-likeness (QED) is 0.696. The molecule has 0 bridgehead atoms. The Bertz CT molecular complexity index is 978. The molecule has 1 N–H and O–H groups in total. The summed E-state index contributed by atoms with van der Waals surface area (Å²) < 4.78 is 20.3. The van der Waals surface area contributed by atoms with Gasteiger partial charge >= 0.3 is 0 Å². The lowest BCUT2D eigenvalue weighted by Gasteiger charge is -2.24. The normalized spacial score (nSPS) is 15.7. The molecule has 5 nitrogen and oxygen atoms in total. The molecule has 6 heteroatoms. The molecule has 1 aliphatic rings. The number of benzene rings is 2. The molecule has 1 aliphatic heterocycles. The largest absolute Gasteiger partial charge is 0.490 e. The van der Waals surface area contributed by atoms with Gasteiger partial charge in [0, 0.05) is 17.9 Å². The second-order valence-corrected chi connectivity index (χ2v) is 6.31. The van der Waals surface area contributed by atoms with Crippen LogP contribution in [0.4, 0.5) is 10.2 Å². The highest BCUT2D eigenvalue weighted by Gasteiger charge is 2.30. The third kappa shape index (κ3) is 3.33. The molecule has 0 spiro atoms. The molecule has 1 aromatic heterocycles. The molecule has 0 saturated carbocycles. The van der Waals surface area contributed by atoms with Gasteiger partial charge in [0.25, 0.3) is 0 Å². The number of fused-ring (bicyclic) bond motifs is 1. The van der Waals surface area contributed by atoms with Gasteiger partial charge in [0.1, 0.15) is 24.0 Å².